The lowest BCUT2D eigenvalue weighted by Crippen LogP contribution is -2.25. The van der Waals surface area contributed by atoms with Gasteiger partial charge in [0.1, 0.15) is 0 Å². The summed E-state index contributed by atoms with van der Waals surface area (Å²) in [4.78, 5) is 0. The summed E-state index contributed by atoms with van der Waals surface area (Å²) in [5.41, 5.74) is 0. The Balaban J connectivity index is 3.15. The standard InChI is InChI=1S/C7H5F5S/c1-13-7-5(11)3(9)2(8)4(10)6(7)12/h5,7H,1H3. The summed E-state index contributed by atoms with van der Waals surface area (Å²) in [6.45, 7) is 0. The summed E-state index contributed by atoms with van der Waals surface area (Å²) in [5.74, 6) is -7.47. The highest BCUT2D eigenvalue weighted by atomic mass is 32.2. The molecular formula is C7H5F5S. The maximum absolute atomic E-state index is 12.8. The monoisotopic (exact) mass is 216 g/mol. The van der Waals surface area contributed by atoms with Gasteiger partial charge in [-0.2, -0.15) is 11.8 Å². The molecule has 0 aromatic heterocycles. The van der Waals surface area contributed by atoms with Gasteiger partial charge in [-0.1, -0.05) is 0 Å². The van der Waals surface area contributed by atoms with E-state index in [1.165, 1.54) is 6.26 Å². The van der Waals surface area contributed by atoms with Gasteiger partial charge in [0.2, 0.25) is 0 Å². The minimum Gasteiger partial charge on any atom is -0.238 e. The zero-order chi connectivity index (χ0) is 10.2. The van der Waals surface area contributed by atoms with Gasteiger partial charge in [-0.05, 0) is 6.26 Å². The Morgan fingerprint density at radius 1 is 1.00 bits per heavy atom. The van der Waals surface area contributed by atoms with Crippen molar-refractivity contribution in [2.24, 2.45) is 0 Å². The van der Waals surface area contributed by atoms with Crippen molar-refractivity contribution in [3.05, 3.63) is 23.3 Å². The fraction of sp³-hybridized carbons (Fsp3) is 0.429. The van der Waals surface area contributed by atoms with Crippen molar-refractivity contribution < 1.29 is 22.0 Å². The van der Waals surface area contributed by atoms with Gasteiger partial charge in [0.05, 0.1) is 5.25 Å². The van der Waals surface area contributed by atoms with Gasteiger partial charge in [0.15, 0.2) is 29.5 Å². The normalized spacial score (nSPS) is 30.0. The third-order valence-electron chi connectivity index (χ3n) is 1.62. The predicted molar refractivity (Wildman–Crippen MR) is 40.7 cm³/mol. The molecule has 2 unspecified atom stereocenters. The Morgan fingerprint density at radius 2 is 1.46 bits per heavy atom. The molecule has 0 saturated carbocycles. The molecule has 6 heteroatoms. The van der Waals surface area contributed by atoms with Crippen molar-refractivity contribution >= 4 is 11.8 Å². The molecule has 0 aliphatic heterocycles. The first-order valence-corrected chi connectivity index (χ1v) is 4.57. The van der Waals surface area contributed by atoms with Crippen LogP contribution in [0.3, 0.4) is 0 Å². The van der Waals surface area contributed by atoms with E-state index in [0.717, 1.165) is 0 Å². The van der Waals surface area contributed by atoms with Crippen molar-refractivity contribution in [1.29, 1.82) is 0 Å². The Bertz CT molecular complexity index is 283. The second kappa shape index (κ2) is 3.69. The van der Waals surface area contributed by atoms with Crippen LogP contribution in [0.25, 0.3) is 0 Å². The molecule has 0 bridgehead atoms. The van der Waals surface area contributed by atoms with E-state index in [2.05, 4.69) is 0 Å². The zero-order valence-corrected chi connectivity index (χ0v) is 7.27. The van der Waals surface area contributed by atoms with Crippen molar-refractivity contribution in [1.82, 2.24) is 0 Å². The van der Waals surface area contributed by atoms with Crippen LogP contribution in [-0.4, -0.2) is 17.7 Å². The molecular weight excluding hydrogens is 211 g/mol. The molecule has 13 heavy (non-hydrogen) atoms. The molecule has 1 aliphatic rings. The van der Waals surface area contributed by atoms with E-state index in [1.807, 2.05) is 0 Å². The third kappa shape index (κ3) is 1.59. The maximum atomic E-state index is 12.8. The van der Waals surface area contributed by atoms with E-state index in [0.29, 0.717) is 11.8 Å². The summed E-state index contributed by atoms with van der Waals surface area (Å²) in [5, 5.41) is -1.63. The van der Waals surface area contributed by atoms with E-state index in [4.69, 9.17) is 0 Å². The SMILES string of the molecule is CSC1C(F)=C(F)C(F)=C(F)C1F. The molecule has 2 atom stereocenters. The van der Waals surface area contributed by atoms with Crippen LogP contribution in [-0.2, 0) is 0 Å². The molecule has 0 aromatic rings. The number of allylic oxidation sites excluding steroid dienone is 3. The van der Waals surface area contributed by atoms with Gasteiger partial charge in [-0.3, -0.25) is 0 Å². The lowest BCUT2D eigenvalue weighted by Gasteiger charge is -2.20. The van der Waals surface area contributed by atoms with Crippen LogP contribution >= 0.6 is 11.8 Å². The highest BCUT2D eigenvalue weighted by Crippen LogP contribution is 2.40. The van der Waals surface area contributed by atoms with E-state index >= 15 is 0 Å². The number of halogens is 5. The largest absolute Gasteiger partial charge is 0.238 e. The molecule has 1 rings (SSSR count). The first kappa shape index (κ1) is 10.6. The minimum atomic E-state index is -2.45. The number of rotatable bonds is 1. The summed E-state index contributed by atoms with van der Waals surface area (Å²) >= 11 is 0.583. The number of thioether (sulfide) groups is 1. The highest BCUT2D eigenvalue weighted by Gasteiger charge is 2.39. The topological polar surface area (TPSA) is 0 Å². The summed E-state index contributed by atoms with van der Waals surface area (Å²) in [6.07, 6.45) is -1.17. The Kier molecular flexibility index (Phi) is 3.00. The van der Waals surface area contributed by atoms with Gasteiger partial charge in [0.25, 0.3) is 0 Å². The second-order valence-electron chi connectivity index (χ2n) is 2.38. The van der Waals surface area contributed by atoms with Crippen LogP contribution in [0.2, 0.25) is 0 Å². The van der Waals surface area contributed by atoms with Crippen molar-refractivity contribution in [3.8, 4) is 0 Å². The van der Waals surface area contributed by atoms with Crippen LogP contribution in [0, 0.1) is 0 Å². The zero-order valence-electron chi connectivity index (χ0n) is 6.45. The van der Waals surface area contributed by atoms with E-state index in [-0.39, 0.29) is 0 Å². The van der Waals surface area contributed by atoms with Gasteiger partial charge in [0, 0.05) is 0 Å². The molecule has 1 aliphatic carbocycles. The molecule has 74 valence electrons. The summed E-state index contributed by atoms with van der Waals surface area (Å²) in [6, 6.07) is 0. The molecule has 0 N–H and O–H groups in total. The quantitative estimate of drug-likeness (QED) is 0.605. The fourth-order valence-corrected chi connectivity index (χ4v) is 1.61. The second-order valence-corrected chi connectivity index (χ2v) is 3.36. The fourth-order valence-electron chi connectivity index (χ4n) is 0.940. The smallest absolute Gasteiger partial charge is 0.196 e. The van der Waals surface area contributed by atoms with E-state index < -0.39 is 34.7 Å². The molecule has 0 aromatic carbocycles. The number of alkyl halides is 1. The van der Waals surface area contributed by atoms with Crippen LogP contribution in [0.1, 0.15) is 0 Å². The van der Waals surface area contributed by atoms with E-state index in [9.17, 15) is 22.0 Å². The average molecular weight is 216 g/mol. The van der Waals surface area contributed by atoms with Gasteiger partial charge >= 0.3 is 0 Å². The molecule has 0 fully saturated rings. The predicted octanol–water partition coefficient (Wildman–Crippen LogP) is 3.37. The first-order valence-electron chi connectivity index (χ1n) is 3.28. The highest BCUT2D eigenvalue weighted by molar-refractivity contribution is 7.99. The molecule has 0 amide bonds. The van der Waals surface area contributed by atoms with Crippen molar-refractivity contribution in [3.63, 3.8) is 0 Å². The van der Waals surface area contributed by atoms with Crippen molar-refractivity contribution in [2.75, 3.05) is 6.26 Å². The van der Waals surface area contributed by atoms with Crippen LogP contribution in [0.15, 0.2) is 23.3 Å². The van der Waals surface area contributed by atoms with Crippen molar-refractivity contribution in [2.45, 2.75) is 11.4 Å². The molecule has 0 spiro atoms. The Labute approximate surface area is 75.5 Å². The minimum absolute atomic E-state index is 0.583. The molecule has 0 nitrogen and oxygen atoms in total. The summed E-state index contributed by atoms with van der Waals surface area (Å²) < 4.78 is 62.9. The Hall–Kier alpha value is -0.520. The Morgan fingerprint density at radius 3 is 1.92 bits per heavy atom. The molecule has 0 heterocycles. The lowest BCUT2D eigenvalue weighted by atomic mass is 10.1. The first-order chi connectivity index (χ1) is 6.00. The summed E-state index contributed by atoms with van der Waals surface area (Å²) in [7, 11) is 0. The van der Waals surface area contributed by atoms with E-state index in [1.54, 1.807) is 0 Å². The lowest BCUT2D eigenvalue weighted by molar-refractivity contribution is 0.280. The molecule has 0 radical (unpaired) electrons. The number of hydrogen-bond acceptors (Lipinski definition) is 1. The van der Waals surface area contributed by atoms with Gasteiger partial charge in [-0.15, -0.1) is 0 Å². The average Bonchev–Trinajstić information content (AvgIpc) is 2.13. The third-order valence-corrected chi connectivity index (χ3v) is 2.58. The number of hydrogen-bond donors (Lipinski definition) is 0. The van der Waals surface area contributed by atoms with Crippen LogP contribution in [0.4, 0.5) is 22.0 Å². The van der Waals surface area contributed by atoms with Gasteiger partial charge in [-0.25, -0.2) is 22.0 Å². The van der Waals surface area contributed by atoms with Crippen LogP contribution in [0.5, 0.6) is 0 Å². The van der Waals surface area contributed by atoms with Crippen LogP contribution < -0.4 is 0 Å². The maximum Gasteiger partial charge on any atom is 0.196 e. The molecule has 0 saturated heterocycles. The van der Waals surface area contributed by atoms with Gasteiger partial charge < -0.3 is 0 Å².